The minimum atomic E-state index is -3.39. The number of amides is 1. The number of hydrogen-bond donors (Lipinski definition) is 1. The zero-order chi connectivity index (χ0) is 18.9. The fourth-order valence-corrected chi connectivity index (χ4v) is 4.56. The van der Waals surface area contributed by atoms with E-state index < -0.39 is 9.84 Å². The highest BCUT2D eigenvalue weighted by Crippen LogP contribution is 2.30. The first-order chi connectivity index (χ1) is 12.3. The van der Waals surface area contributed by atoms with E-state index in [1.807, 2.05) is 6.92 Å². The quantitative estimate of drug-likeness (QED) is 0.864. The first-order valence-electron chi connectivity index (χ1n) is 9.13. The van der Waals surface area contributed by atoms with Crippen LogP contribution in [0.3, 0.4) is 0 Å². The molecule has 1 aromatic rings. The SMILES string of the molecule is Cc1nn(C)c2c1/C=C(/S(C)(=O)=O)CC(NC(=O)C1CCCCC1)CO2. The van der Waals surface area contributed by atoms with Crippen LogP contribution in [0.25, 0.3) is 6.08 Å². The summed E-state index contributed by atoms with van der Waals surface area (Å²) in [6.45, 7) is 2.04. The Morgan fingerprint density at radius 2 is 2.00 bits per heavy atom. The Labute approximate surface area is 154 Å². The number of fused-ring (bicyclic) bond motifs is 1. The van der Waals surface area contributed by atoms with Gasteiger partial charge in [0.1, 0.15) is 6.61 Å². The van der Waals surface area contributed by atoms with Gasteiger partial charge in [0.05, 0.1) is 17.3 Å². The van der Waals surface area contributed by atoms with Gasteiger partial charge in [0, 0.05) is 30.5 Å². The molecule has 0 spiro atoms. The van der Waals surface area contributed by atoms with E-state index in [1.54, 1.807) is 17.8 Å². The molecule has 1 unspecified atom stereocenters. The van der Waals surface area contributed by atoms with Gasteiger partial charge >= 0.3 is 0 Å². The van der Waals surface area contributed by atoms with Crippen LogP contribution in [0.2, 0.25) is 0 Å². The molecule has 0 radical (unpaired) electrons. The van der Waals surface area contributed by atoms with E-state index in [0.717, 1.165) is 25.7 Å². The number of carbonyl (C=O) groups is 1. The minimum Gasteiger partial charge on any atom is -0.475 e. The Hall–Kier alpha value is -1.83. The molecule has 1 fully saturated rings. The van der Waals surface area contributed by atoms with Crippen molar-refractivity contribution in [2.45, 2.75) is 51.5 Å². The molecule has 1 saturated carbocycles. The normalized spacial score (nSPS) is 23.8. The van der Waals surface area contributed by atoms with Crippen molar-refractivity contribution in [2.75, 3.05) is 12.9 Å². The summed E-state index contributed by atoms with van der Waals surface area (Å²) in [6.07, 6.45) is 8.19. The van der Waals surface area contributed by atoms with Gasteiger partial charge in [-0.25, -0.2) is 13.1 Å². The molecule has 1 aliphatic heterocycles. The minimum absolute atomic E-state index is 0.00753. The van der Waals surface area contributed by atoms with E-state index in [2.05, 4.69) is 10.4 Å². The van der Waals surface area contributed by atoms with Crippen molar-refractivity contribution in [3.05, 3.63) is 16.2 Å². The molecule has 7 nitrogen and oxygen atoms in total. The van der Waals surface area contributed by atoms with Gasteiger partial charge < -0.3 is 10.1 Å². The lowest BCUT2D eigenvalue weighted by atomic mass is 9.88. The highest BCUT2D eigenvalue weighted by Gasteiger charge is 2.28. The summed E-state index contributed by atoms with van der Waals surface area (Å²) in [5.41, 5.74) is 1.40. The van der Waals surface area contributed by atoms with Gasteiger partial charge in [-0.2, -0.15) is 5.10 Å². The molecule has 0 aromatic carbocycles. The van der Waals surface area contributed by atoms with Crippen molar-refractivity contribution in [3.8, 4) is 5.88 Å². The van der Waals surface area contributed by atoms with Gasteiger partial charge in [-0.05, 0) is 25.8 Å². The molecule has 2 heterocycles. The highest BCUT2D eigenvalue weighted by molar-refractivity contribution is 7.94. The van der Waals surface area contributed by atoms with Crippen LogP contribution < -0.4 is 10.1 Å². The number of nitrogens with one attached hydrogen (secondary N) is 1. The first-order valence-corrected chi connectivity index (χ1v) is 11.0. The Kier molecular flexibility index (Phi) is 5.41. The molecular formula is C18H27N3O4S. The smallest absolute Gasteiger partial charge is 0.223 e. The number of rotatable bonds is 3. The second kappa shape index (κ2) is 7.42. The topological polar surface area (TPSA) is 90.3 Å². The third-order valence-electron chi connectivity index (χ3n) is 5.19. The fourth-order valence-electron chi connectivity index (χ4n) is 3.73. The summed E-state index contributed by atoms with van der Waals surface area (Å²) in [5, 5.41) is 7.33. The Balaban J connectivity index is 1.84. The van der Waals surface area contributed by atoms with Crippen molar-refractivity contribution in [3.63, 3.8) is 0 Å². The average molecular weight is 381 g/mol. The van der Waals surface area contributed by atoms with Gasteiger partial charge in [-0.15, -0.1) is 0 Å². The van der Waals surface area contributed by atoms with E-state index in [0.29, 0.717) is 22.0 Å². The lowest BCUT2D eigenvalue weighted by Crippen LogP contribution is -2.43. The van der Waals surface area contributed by atoms with Crippen LogP contribution in [0.15, 0.2) is 4.91 Å². The predicted octanol–water partition coefficient (Wildman–Crippen LogP) is 1.96. The van der Waals surface area contributed by atoms with Crippen LogP contribution in [0.1, 0.15) is 49.8 Å². The summed E-state index contributed by atoms with van der Waals surface area (Å²) in [6, 6.07) is -0.381. The molecule has 1 N–H and O–H groups in total. The standard InChI is InChI=1S/C18H27N3O4S/c1-12-16-10-15(26(3,23)24)9-14(11-25-18(16)21(2)20-12)19-17(22)13-7-5-4-6-8-13/h10,13-14H,4-9,11H2,1-3H3,(H,19,22)/b15-10+. The number of carbonyl (C=O) groups excluding carboxylic acids is 1. The number of aryl methyl sites for hydroxylation is 2. The van der Waals surface area contributed by atoms with Gasteiger partial charge in [-0.3, -0.25) is 4.79 Å². The van der Waals surface area contributed by atoms with Crippen LogP contribution in [0.4, 0.5) is 0 Å². The van der Waals surface area contributed by atoms with Gasteiger partial charge in [0.2, 0.25) is 11.8 Å². The summed E-state index contributed by atoms with van der Waals surface area (Å²) >= 11 is 0. The zero-order valence-corrected chi connectivity index (χ0v) is 16.4. The lowest BCUT2D eigenvalue weighted by molar-refractivity contribution is -0.126. The average Bonchev–Trinajstić information content (AvgIpc) is 2.81. The van der Waals surface area contributed by atoms with E-state index in [1.165, 1.54) is 12.7 Å². The van der Waals surface area contributed by atoms with E-state index >= 15 is 0 Å². The van der Waals surface area contributed by atoms with Crippen LogP contribution >= 0.6 is 0 Å². The predicted molar refractivity (Wildman–Crippen MR) is 99.4 cm³/mol. The number of ether oxygens (including phenoxy) is 1. The summed E-state index contributed by atoms with van der Waals surface area (Å²) in [4.78, 5) is 12.9. The monoisotopic (exact) mass is 381 g/mol. The molecular weight excluding hydrogens is 354 g/mol. The molecule has 3 rings (SSSR count). The summed E-state index contributed by atoms with van der Waals surface area (Å²) in [7, 11) is -1.63. The Morgan fingerprint density at radius 1 is 1.31 bits per heavy atom. The third-order valence-corrected chi connectivity index (χ3v) is 6.42. The van der Waals surface area contributed by atoms with Crippen molar-refractivity contribution < 1.29 is 17.9 Å². The van der Waals surface area contributed by atoms with Crippen LogP contribution in [-0.2, 0) is 21.7 Å². The molecule has 2 aliphatic rings. The van der Waals surface area contributed by atoms with Crippen molar-refractivity contribution in [1.82, 2.24) is 15.1 Å². The molecule has 0 bridgehead atoms. The van der Waals surface area contributed by atoms with E-state index in [9.17, 15) is 13.2 Å². The maximum absolute atomic E-state index is 12.6. The molecule has 0 saturated heterocycles. The van der Waals surface area contributed by atoms with Crippen LogP contribution in [-0.4, -0.2) is 43.0 Å². The number of sulfone groups is 1. The summed E-state index contributed by atoms with van der Waals surface area (Å²) < 4.78 is 32.0. The molecule has 144 valence electrons. The molecule has 26 heavy (non-hydrogen) atoms. The lowest BCUT2D eigenvalue weighted by Gasteiger charge is -2.26. The third kappa shape index (κ3) is 4.11. The van der Waals surface area contributed by atoms with Gasteiger partial charge in [-0.1, -0.05) is 19.3 Å². The molecule has 1 aliphatic carbocycles. The largest absolute Gasteiger partial charge is 0.475 e. The van der Waals surface area contributed by atoms with Crippen molar-refractivity contribution in [2.24, 2.45) is 13.0 Å². The zero-order valence-electron chi connectivity index (χ0n) is 15.6. The second-order valence-electron chi connectivity index (χ2n) is 7.37. The van der Waals surface area contributed by atoms with E-state index in [4.69, 9.17) is 4.74 Å². The molecule has 8 heteroatoms. The highest BCUT2D eigenvalue weighted by atomic mass is 32.2. The fraction of sp³-hybridized carbons (Fsp3) is 0.667. The maximum Gasteiger partial charge on any atom is 0.223 e. The Bertz CT molecular complexity index is 820. The number of nitrogens with zero attached hydrogens (tertiary/aromatic N) is 2. The maximum atomic E-state index is 12.6. The van der Waals surface area contributed by atoms with Crippen LogP contribution in [0, 0.1) is 12.8 Å². The van der Waals surface area contributed by atoms with Crippen molar-refractivity contribution in [1.29, 1.82) is 0 Å². The van der Waals surface area contributed by atoms with E-state index in [-0.39, 0.29) is 30.9 Å². The molecule has 1 amide bonds. The second-order valence-corrected chi connectivity index (χ2v) is 9.43. The van der Waals surface area contributed by atoms with Crippen molar-refractivity contribution >= 4 is 21.8 Å². The Morgan fingerprint density at radius 3 is 2.65 bits per heavy atom. The number of aromatic nitrogens is 2. The number of hydrogen-bond acceptors (Lipinski definition) is 5. The first kappa shape index (κ1) is 18.9. The molecule has 1 aromatic heterocycles. The van der Waals surface area contributed by atoms with Gasteiger partial charge in [0.15, 0.2) is 9.84 Å². The van der Waals surface area contributed by atoms with Gasteiger partial charge in [0.25, 0.3) is 0 Å². The summed E-state index contributed by atoms with van der Waals surface area (Å²) in [5.74, 6) is 0.558. The molecule has 1 atom stereocenters. The van der Waals surface area contributed by atoms with Crippen LogP contribution in [0.5, 0.6) is 5.88 Å².